The van der Waals surface area contributed by atoms with Crippen LogP contribution in [0.1, 0.15) is 5.56 Å². The molecule has 1 saturated heterocycles. The van der Waals surface area contributed by atoms with Gasteiger partial charge in [0.25, 0.3) is 0 Å². The smallest absolute Gasteiger partial charge is 0.246 e. The first-order chi connectivity index (χ1) is 8.56. The third kappa shape index (κ3) is 3.19. The molecule has 2 N–H and O–H groups in total. The molecular weight excluding hydrogens is 298 g/mol. The largest absolute Gasteiger partial charge is 0.388 e. The van der Waals surface area contributed by atoms with E-state index in [1.54, 1.807) is 6.08 Å². The van der Waals surface area contributed by atoms with Gasteiger partial charge in [0.1, 0.15) is 0 Å². The molecule has 0 bridgehead atoms. The molecule has 1 aromatic rings. The summed E-state index contributed by atoms with van der Waals surface area (Å²) in [5.41, 5.74) is 0.915. The van der Waals surface area contributed by atoms with Crippen LogP contribution in [0.4, 0.5) is 0 Å². The summed E-state index contributed by atoms with van der Waals surface area (Å²) < 4.78 is 0.948. The number of rotatable bonds is 2. The van der Waals surface area contributed by atoms with Crippen LogP contribution < -0.4 is 0 Å². The van der Waals surface area contributed by atoms with E-state index >= 15 is 0 Å². The molecule has 96 valence electrons. The van der Waals surface area contributed by atoms with Gasteiger partial charge in [-0.15, -0.1) is 0 Å². The molecule has 2 unspecified atom stereocenters. The van der Waals surface area contributed by atoms with Crippen molar-refractivity contribution in [3.05, 3.63) is 40.4 Å². The van der Waals surface area contributed by atoms with E-state index in [0.29, 0.717) is 0 Å². The van der Waals surface area contributed by atoms with Crippen molar-refractivity contribution in [1.82, 2.24) is 4.90 Å². The van der Waals surface area contributed by atoms with Crippen molar-refractivity contribution in [1.29, 1.82) is 0 Å². The average Bonchev–Trinajstić information content (AvgIpc) is 2.67. The second kappa shape index (κ2) is 5.65. The molecule has 1 heterocycles. The van der Waals surface area contributed by atoms with E-state index < -0.39 is 12.2 Å². The highest BCUT2D eigenvalue weighted by Gasteiger charge is 2.31. The topological polar surface area (TPSA) is 60.8 Å². The van der Waals surface area contributed by atoms with Crippen LogP contribution in [-0.2, 0) is 4.79 Å². The molecule has 1 aromatic carbocycles. The molecule has 2 rings (SSSR count). The number of carbonyl (C=O) groups excluding carboxylic acids is 1. The zero-order chi connectivity index (χ0) is 13.1. The fourth-order valence-corrected chi connectivity index (χ4v) is 2.25. The van der Waals surface area contributed by atoms with E-state index in [1.165, 1.54) is 11.0 Å². The molecule has 2 atom stereocenters. The Balaban J connectivity index is 1.99. The Bertz CT molecular complexity index is 465. The van der Waals surface area contributed by atoms with Gasteiger partial charge in [-0.05, 0) is 23.8 Å². The molecule has 1 fully saturated rings. The summed E-state index contributed by atoms with van der Waals surface area (Å²) in [5, 5.41) is 18.7. The minimum atomic E-state index is -0.840. The highest BCUT2D eigenvalue weighted by molar-refractivity contribution is 9.10. The SMILES string of the molecule is O=C(/C=C/c1cccc(Br)c1)N1CC(O)C(O)C1. The molecule has 0 radical (unpaired) electrons. The zero-order valence-corrected chi connectivity index (χ0v) is 11.2. The molecule has 1 amide bonds. The summed E-state index contributed by atoms with van der Waals surface area (Å²) in [6.07, 6.45) is 1.48. The van der Waals surface area contributed by atoms with Crippen LogP contribution in [0, 0.1) is 0 Å². The van der Waals surface area contributed by atoms with Gasteiger partial charge in [-0.25, -0.2) is 0 Å². The first-order valence-corrected chi connectivity index (χ1v) is 6.44. The van der Waals surface area contributed by atoms with Gasteiger partial charge < -0.3 is 15.1 Å². The number of β-amino-alcohol motifs (C(OH)–C–C–N with tert-alkyl or cyclic N) is 2. The number of hydrogen-bond donors (Lipinski definition) is 2. The van der Waals surface area contributed by atoms with Crippen molar-refractivity contribution in [2.45, 2.75) is 12.2 Å². The third-order valence-electron chi connectivity index (χ3n) is 2.84. The number of benzene rings is 1. The summed E-state index contributed by atoms with van der Waals surface area (Å²) in [6, 6.07) is 7.59. The van der Waals surface area contributed by atoms with E-state index in [0.717, 1.165) is 10.0 Å². The standard InChI is InChI=1S/C13H14BrNO3/c14-10-3-1-2-9(6-10)4-5-13(18)15-7-11(16)12(17)8-15/h1-6,11-12,16-17H,7-8H2/b5-4+. The maximum Gasteiger partial charge on any atom is 0.246 e. The monoisotopic (exact) mass is 311 g/mol. The highest BCUT2D eigenvalue weighted by atomic mass is 79.9. The van der Waals surface area contributed by atoms with Gasteiger partial charge in [-0.3, -0.25) is 4.79 Å². The van der Waals surface area contributed by atoms with Gasteiger partial charge in [-0.2, -0.15) is 0 Å². The number of aliphatic hydroxyl groups is 2. The molecular formula is C13H14BrNO3. The lowest BCUT2D eigenvalue weighted by Crippen LogP contribution is -2.27. The predicted octanol–water partition coefficient (Wildman–Crippen LogP) is 1.03. The Hall–Kier alpha value is -1.17. The van der Waals surface area contributed by atoms with Crippen LogP contribution in [0.15, 0.2) is 34.8 Å². The zero-order valence-electron chi connectivity index (χ0n) is 9.66. The number of aliphatic hydroxyl groups excluding tert-OH is 2. The lowest BCUT2D eigenvalue weighted by Gasteiger charge is -2.12. The molecule has 1 aliphatic heterocycles. The lowest BCUT2D eigenvalue weighted by atomic mass is 10.2. The second-order valence-electron chi connectivity index (χ2n) is 4.27. The Morgan fingerprint density at radius 1 is 1.33 bits per heavy atom. The average molecular weight is 312 g/mol. The van der Waals surface area contributed by atoms with Crippen molar-refractivity contribution in [2.75, 3.05) is 13.1 Å². The van der Waals surface area contributed by atoms with Gasteiger partial charge >= 0.3 is 0 Å². The van der Waals surface area contributed by atoms with E-state index in [9.17, 15) is 15.0 Å². The summed E-state index contributed by atoms with van der Waals surface area (Å²) in [6.45, 7) is 0.367. The van der Waals surface area contributed by atoms with Crippen LogP contribution in [-0.4, -0.2) is 46.3 Å². The first-order valence-electron chi connectivity index (χ1n) is 5.65. The maximum atomic E-state index is 11.8. The van der Waals surface area contributed by atoms with E-state index in [4.69, 9.17) is 0 Å². The normalized spacial score (nSPS) is 23.8. The number of amides is 1. The summed E-state index contributed by atoms with van der Waals surface area (Å²) in [4.78, 5) is 13.2. The lowest BCUT2D eigenvalue weighted by molar-refractivity contribution is -0.125. The molecule has 0 spiro atoms. The first kappa shape index (κ1) is 13.3. The molecule has 1 aliphatic rings. The van der Waals surface area contributed by atoms with Crippen LogP contribution >= 0.6 is 15.9 Å². The second-order valence-corrected chi connectivity index (χ2v) is 5.18. The van der Waals surface area contributed by atoms with Crippen molar-refractivity contribution >= 4 is 27.9 Å². The fourth-order valence-electron chi connectivity index (χ4n) is 1.83. The Kier molecular flexibility index (Phi) is 4.16. The number of likely N-dealkylation sites (tertiary alicyclic amines) is 1. The van der Waals surface area contributed by atoms with E-state index in [-0.39, 0.29) is 19.0 Å². The van der Waals surface area contributed by atoms with E-state index in [2.05, 4.69) is 15.9 Å². The Morgan fingerprint density at radius 3 is 2.61 bits per heavy atom. The van der Waals surface area contributed by atoms with Gasteiger partial charge in [0, 0.05) is 23.6 Å². The minimum Gasteiger partial charge on any atom is -0.388 e. The maximum absolute atomic E-state index is 11.8. The molecule has 0 aromatic heterocycles. The molecule has 4 nitrogen and oxygen atoms in total. The number of hydrogen-bond acceptors (Lipinski definition) is 3. The number of halogens is 1. The van der Waals surface area contributed by atoms with Crippen molar-refractivity contribution in [3.63, 3.8) is 0 Å². The summed E-state index contributed by atoms with van der Waals surface area (Å²) >= 11 is 3.36. The quantitative estimate of drug-likeness (QED) is 0.802. The van der Waals surface area contributed by atoms with Gasteiger partial charge in [0.15, 0.2) is 0 Å². The van der Waals surface area contributed by atoms with Crippen LogP contribution in [0.2, 0.25) is 0 Å². The van der Waals surface area contributed by atoms with E-state index in [1.807, 2.05) is 24.3 Å². The summed E-state index contributed by atoms with van der Waals surface area (Å²) in [7, 11) is 0. The third-order valence-corrected chi connectivity index (χ3v) is 3.33. The van der Waals surface area contributed by atoms with Crippen LogP contribution in [0.3, 0.4) is 0 Å². The molecule has 0 aliphatic carbocycles. The van der Waals surface area contributed by atoms with Gasteiger partial charge in [0.05, 0.1) is 12.2 Å². The summed E-state index contributed by atoms with van der Waals surface area (Å²) in [5.74, 6) is -0.203. The number of carbonyl (C=O) groups is 1. The van der Waals surface area contributed by atoms with Gasteiger partial charge in [0.2, 0.25) is 5.91 Å². The Labute approximate surface area is 114 Å². The highest BCUT2D eigenvalue weighted by Crippen LogP contribution is 2.14. The van der Waals surface area contributed by atoms with Crippen molar-refractivity contribution < 1.29 is 15.0 Å². The molecule has 5 heteroatoms. The molecule has 0 saturated carbocycles. The fraction of sp³-hybridized carbons (Fsp3) is 0.308. The number of nitrogens with zero attached hydrogens (tertiary/aromatic N) is 1. The minimum absolute atomic E-state index is 0.183. The molecule has 18 heavy (non-hydrogen) atoms. The van der Waals surface area contributed by atoms with Crippen molar-refractivity contribution in [3.8, 4) is 0 Å². The van der Waals surface area contributed by atoms with Crippen LogP contribution in [0.25, 0.3) is 6.08 Å². The predicted molar refractivity (Wildman–Crippen MR) is 71.8 cm³/mol. The van der Waals surface area contributed by atoms with Crippen molar-refractivity contribution in [2.24, 2.45) is 0 Å². The van der Waals surface area contributed by atoms with Crippen LogP contribution in [0.5, 0.6) is 0 Å². The Morgan fingerprint density at radius 2 is 2.00 bits per heavy atom. The van der Waals surface area contributed by atoms with Gasteiger partial charge in [-0.1, -0.05) is 28.1 Å².